The minimum absolute atomic E-state index is 0.363. The van der Waals surface area contributed by atoms with Gasteiger partial charge in [-0.2, -0.15) is 4.31 Å². The van der Waals surface area contributed by atoms with Crippen molar-refractivity contribution in [2.75, 3.05) is 31.1 Å². The molecule has 25 heavy (non-hydrogen) atoms. The average Bonchev–Trinajstić information content (AvgIpc) is 3.49. The fourth-order valence-corrected chi connectivity index (χ4v) is 4.67. The van der Waals surface area contributed by atoms with E-state index in [4.69, 9.17) is 4.98 Å². The van der Waals surface area contributed by atoms with Crippen molar-refractivity contribution in [3.8, 4) is 0 Å². The molecule has 1 saturated carbocycles. The van der Waals surface area contributed by atoms with Gasteiger partial charge >= 0.3 is 0 Å². The smallest absolute Gasteiger partial charge is 0.243 e. The summed E-state index contributed by atoms with van der Waals surface area (Å²) >= 11 is 0. The van der Waals surface area contributed by atoms with Crippen LogP contribution in [0.4, 0.5) is 5.82 Å². The number of hydrogen-bond acceptors (Lipinski definition) is 5. The lowest BCUT2D eigenvalue weighted by molar-refractivity contribution is 0.433. The monoisotopic (exact) mass is 358 g/mol. The molecule has 0 N–H and O–H groups in total. The van der Waals surface area contributed by atoms with Crippen molar-refractivity contribution in [3.63, 3.8) is 0 Å². The second-order valence-electron chi connectivity index (χ2n) is 6.61. The van der Waals surface area contributed by atoms with Crippen molar-refractivity contribution >= 4 is 15.8 Å². The number of sulfonamides is 1. The number of anilines is 1. The normalized spacial score (nSPS) is 19.6. The summed E-state index contributed by atoms with van der Waals surface area (Å²) in [4.78, 5) is 11.6. The summed E-state index contributed by atoms with van der Waals surface area (Å²) in [7, 11) is -3.43. The van der Waals surface area contributed by atoms with E-state index < -0.39 is 10.0 Å². The van der Waals surface area contributed by atoms with Crippen LogP contribution in [0.1, 0.15) is 31.0 Å². The Labute approximate surface area is 148 Å². The van der Waals surface area contributed by atoms with Gasteiger partial charge in [0.2, 0.25) is 10.0 Å². The molecule has 132 valence electrons. The summed E-state index contributed by atoms with van der Waals surface area (Å²) in [5.74, 6) is 2.35. The van der Waals surface area contributed by atoms with Gasteiger partial charge in [0.1, 0.15) is 11.6 Å². The summed E-state index contributed by atoms with van der Waals surface area (Å²) in [6.45, 7) is 2.46. The molecular formula is C18H22N4O2S. The summed E-state index contributed by atoms with van der Waals surface area (Å²) in [6, 6.07) is 10.6. The van der Waals surface area contributed by atoms with Gasteiger partial charge in [0.15, 0.2) is 0 Å². The highest BCUT2D eigenvalue weighted by Crippen LogP contribution is 2.38. The Morgan fingerprint density at radius 2 is 1.76 bits per heavy atom. The van der Waals surface area contributed by atoms with Gasteiger partial charge in [-0.15, -0.1) is 0 Å². The molecule has 0 atom stereocenters. The van der Waals surface area contributed by atoms with Crippen LogP contribution in [-0.4, -0.2) is 48.9 Å². The molecule has 0 bridgehead atoms. The van der Waals surface area contributed by atoms with Crippen LogP contribution in [0, 0.1) is 0 Å². The van der Waals surface area contributed by atoms with E-state index in [1.54, 1.807) is 28.6 Å². The first-order valence-electron chi connectivity index (χ1n) is 8.78. The number of aromatic nitrogens is 2. The standard InChI is InChI=1S/C18H22N4O2S/c23-25(24,16-5-2-1-3-6-16)22-12-4-11-21(13-14-22)17-9-10-19-18(20-17)15-7-8-15/h1-3,5-6,9-10,15H,4,7-8,11-14H2. The highest BCUT2D eigenvalue weighted by atomic mass is 32.2. The lowest BCUT2D eigenvalue weighted by Gasteiger charge is -2.23. The third kappa shape index (κ3) is 3.52. The van der Waals surface area contributed by atoms with Crippen LogP contribution < -0.4 is 4.90 Å². The van der Waals surface area contributed by atoms with Gasteiger partial charge in [-0.1, -0.05) is 18.2 Å². The van der Waals surface area contributed by atoms with Crippen molar-refractivity contribution in [2.45, 2.75) is 30.1 Å². The third-order valence-corrected chi connectivity index (χ3v) is 6.67. The van der Waals surface area contributed by atoms with Crippen molar-refractivity contribution in [2.24, 2.45) is 0 Å². The molecule has 0 unspecified atom stereocenters. The molecule has 2 heterocycles. The quantitative estimate of drug-likeness (QED) is 0.839. The number of nitrogens with zero attached hydrogens (tertiary/aromatic N) is 4. The number of benzene rings is 1. The van der Waals surface area contributed by atoms with E-state index in [0.29, 0.717) is 30.4 Å². The van der Waals surface area contributed by atoms with Gasteiger partial charge in [0.25, 0.3) is 0 Å². The SMILES string of the molecule is O=S(=O)(c1ccccc1)N1CCCN(c2ccnc(C3CC3)n2)CC1. The van der Waals surface area contributed by atoms with Gasteiger partial charge in [0.05, 0.1) is 4.90 Å². The number of hydrogen-bond donors (Lipinski definition) is 0. The molecule has 6 nitrogen and oxygen atoms in total. The van der Waals surface area contributed by atoms with Gasteiger partial charge in [-0.25, -0.2) is 18.4 Å². The lowest BCUT2D eigenvalue weighted by Crippen LogP contribution is -2.35. The first-order chi connectivity index (χ1) is 12.1. The lowest BCUT2D eigenvalue weighted by atomic mass is 10.3. The fraction of sp³-hybridized carbons (Fsp3) is 0.444. The Balaban J connectivity index is 1.50. The Morgan fingerprint density at radius 3 is 2.52 bits per heavy atom. The van der Waals surface area contributed by atoms with Crippen LogP contribution in [-0.2, 0) is 10.0 Å². The summed E-state index contributed by atoms with van der Waals surface area (Å²) in [5.41, 5.74) is 0. The first kappa shape index (κ1) is 16.5. The minimum atomic E-state index is -3.43. The van der Waals surface area contributed by atoms with E-state index in [-0.39, 0.29) is 0 Å². The maximum Gasteiger partial charge on any atom is 0.243 e. The summed E-state index contributed by atoms with van der Waals surface area (Å²) < 4.78 is 27.2. The van der Waals surface area contributed by atoms with Crippen LogP contribution >= 0.6 is 0 Å². The average molecular weight is 358 g/mol. The molecule has 1 aliphatic carbocycles. The van der Waals surface area contributed by atoms with Gasteiger partial charge < -0.3 is 4.90 Å². The zero-order valence-corrected chi connectivity index (χ0v) is 14.9. The Hall–Kier alpha value is -1.99. The largest absolute Gasteiger partial charge is 0.355 e. The highest BCUT2D eigenvalue weighted by Gasteiger charge is 2.29. The molecule has 1 aromatic heterocycles. The second kappa shape index (κ2) is 6.72. The van der Waals surface area contributed by atoms with Crippen molar-refractivity contribution < 1.29 is 8.42 Å². The molecule has 1 aliphatic heterocycles. The van der Waals surface area contributed by atoms with Crippen LogP contribution in [0.3, 0.4) is 0 Å². The van der Waals surface area contributed by atoms with Crippen LogP contribution in [0.5, 0.6) is 0 Å². The highest BCUT2D eigenvalue weighted by molar-refractivity contribution is 7.89. The van der Waals surface area contributed by atoms with Gasteiger partial charge in [-0.3, -0.25) is 0 Å². The summed E-state index contributed by atoms with van der Waals surface area (Å²) in [5, 5.41) is 0. The molecule has 2 aromatic rings. The van der Waals surface area contributed by atoms with E-state index in [1.807, 2.05) is 18.3 Å². The molecule has 2 aliphatic rings. The molecule has 0 spiro atoms. The van der Waals surface area contributed by atoms with E-state index >= 15 is 0 Å². The fourth-order valence-electron chi connectivity index (χ4n) is 3.18. The zero-order valence-electron chi connectivity index (χ0n) is 14.1. The van der Waals surface area contributed by atoms with E-state index in [2.05, 4.69) is 9.88 Å². The van der Waals surface area contributed by atoms with Crippen LogP contribution in [0.15, 0.2) is 47.5 Å². The van der Waals surface area contributed by atoms with Crippen LogP contribution in [0.25, 0.3) is 0 Å². The molecular weight excluding hydrogens is 336 g/mol. The molecule has 1 aromatic carbocycles. The Morgan fingerprint density at radius 1 is 0.960 bits per heavy atom. The number of rotatable bonds is 4. The van der Waals surface area contributed by atoms with Crippen molar-refractivity contribution in [3.05, 3.63) is 48.4 Å². The van der Waals surface area contributed by atoms with Crippen molar-refractivity contribution in [1.82, 2.24) is 14.3 Å². The molecule has 4 rings (SSSR count). The molecule has 7 heteroatoms. The predicted octanol–water partition coefficient (Wildman–Crippen LogP) is 2.26. The predicted molar refractivity (Wildman–Crippen MR) is 96.0 cm³/mol. The first-order valence-corrected chi connectivity index (χ1v) is 10.2. The second-order valence-corrected chi connectivity index (χ2v) is 8.54. The Kier molecular flexibility index (Phi) is 4.43. The Bertz CT molecular complexity index is 837. The topological polar surface area (TPSA) is 66.4 Å². The zero-order chi connectivity index (χ0) is 17.3. The molecule has 1 saturated heterocycles. The maximum atomic E-state index is 12.8. The van der Waals surface area contributed by atoms with E-state index in [0.717, 1.165) is 24.6 Å². The molecule has 0 radical (unpaired) electrons. The summed E-state index contributed by atoms with van der Waals surface area (Å²) in [6.07, 6.45) is 4.95. The maximum absolute atomic E-state index is 12.8. The minimum Gasteiger partial charge on any atom is -0.355 e. The molecule has 2 fully saturated rings. The third-order valence-electron chi connectivity index (χ3n) is 4.76. The van der Waals surface area contributed by atoms with Crippen molar-refractivity contribution in [1.29, 1.82) is 0 Å². The van der Waals surface area contributed by atoms with Crippen LogP contribution in [0.2, 0.25) is 0 Å². The van der Waals surface area contributed by atoms with Gasteiger partial charge in [-0.05, 0) is 37.5 Å². The van der Waals surface area contributed by atoms with Gasteiger partial charge in [0, 0.05) is 38.3 Å². The molecule has 0 amide bonds. The van der Waals surface area contributed by atoms with E-state index in [9.17, 15) is 8.42 Å². The van der Waals surface area contributed by atoms with E-state index in [1.165, 1.54) is 12.8 Å².